The lowest BCUT2D eigenvalue weighted by Crippen LogP contribution is -2.45. The van der Waals surface area contributed by atoms with Crippen LogP contribution in [0.5, 0.6) is 5.75 Å². The number of hydrogen-bond acceptors (Lipinski definition) is 5. The van der Waals surface area contributed by atoms with Crippen molar-refractivity contribution < 1.29 is 17.9 Å². The highest BCUT2D eigenvalue weighted by molar-refractivity contribution is 5.70. The molecule has 0 radical (unpaired) electrons. The molecule has 1 saturated heterocycles. The molecule has 1 aliphatic rings. The van der Waals surface area contributed by atoms with Crippen LogP contribution in [-0.2, 0) is 13.1 Å². The van der Waals surface area contributed by atoms with Crippen molar-refractivity contribution >= 4 is 11.2 Å². The second-order valence-corrected chi connectivity index (χ2v) is 7.77. The first kappa shape index (κ1) is 22.1. The van der Waals surface area contributed by atoms with Gasteiger partial charge in [-0.1, -0.05) is 12.1 Å². The smallest absolute Gasteiger partial charge is 0.406 e. The molecule has 1 fully saturated rings. The highest BCUT2D eigenvalue weighted by Crippen LogP contribution is 2.26. The van der Waals surface area contributed by atoms with Crippen molar-refractivity contribution in [2.75, 3.05) is 13.1 Å². The van der Waals surface area contributed by atoms with Gasteiger partial charge in [-0.3, -0.25) is 19.1 Å². The standard InChI is InChI=1S/C22H23F3N4O3/c1-2-28-18-4-3-11-26-19(18)29(21(31)20(28)30)16-9-12-27(13-10-16)14-15-5-7-17(8-6-15)32-22(23,24)25/h3-8,11,16H,2,9-10,12-14H2,1H3. The molecule has 0 bridgehead atoms. The van der Waals surface area contributed by atoms with Gasteiger partial charge in [-0.05, 0) is 49.6 Å². The molecule has 0 saturated carbocycles. The molecule has 1 aliphatic heterocycles. The molecular weight excluding hydrogens is 425 g/mol. The van der Waals surface area contributed by atoms with E-state index in [1.807, 2.05) is 6.92 Å². The summed E-state index contributed by atoms with van der Waals surface area (Å²) in [5.41, 5.74) is 0.919. The summed E-state index contributed by atoms with van der Waals surface area (Å²) in [5.74, 6) is -0.250. The van der Waals surface area contributed by atoms with Crippen LogP contribution >= 0.6 is 0 Å². The number of pyridine rings is 1. The Labute approximate surface area is 181 Å². The number of benzene rings is 1. The van der Waals surface area contributed by atoms with Gasteiger partial charge < -0.3 is 9.30 Å². The lowest BCUT2D eigenvalue weighted by atomic mass is 10.0. The molecule has 2 aromatic heterocycles. The second kappa shape index (κ2) is 8.78. The van der Waals surface area contributed by atoms with Gasteiger partial charge in [0.2, 0.25) is 0 Å². The maximum atomic E-state index is 12.8. The van der Waals surface area contributed by atoms with E-state index in [9.17, 15) is 22.8 Å². The van der Waals surface area contributed by atoms with Crippen LogP contribution in [0.2, 0.25) is 0 Å². The molecular formula is C22H23F3N4O3. The van der Waals surface area contributed by atoms with E-state index in [-0.39, 0.29) is 11.8 Å². The Hall–Kier alpha value is -3.14. The molecule has 10 heteroatoms. The number of aryl methyl sites for hydroxylation is 1. The summed E-state index contributed by atoms with van der Waals surface area (Å²) in [4.78, 5) is 32.0. The van der Waals surface area contributed by atoms with Crippen LogP contribution in [0.15, 0.2) is 52.2 Å². The van der Waals surface area contributed by atoms with Gasteiger partial charge in [-0.2, -0.15) is 0 Å². The van der Waals surface area contributed by atoms with Gasteiger partial charge in [-0.25, -0.2) is 4.98 Å². The van der Waals surface area contributed by atoms with Crippen LogP contribution in [0, 0.1) is 0 Å². The van der Waals surface area contributed by atoms with Crippen molar-refractivity contribution in [3.63, 3.8) is 0 Å². The normalized spacial score (nSPS) is 15.9. The Bertz CT molecular complexity index is 1210. The number of aromatic nitrogens is 3. The summed E-state index contributed by atoms with van der Waals surface area (Å²) in [6.45, 7) is 4.15. The van der Waals surface area contributed by atoms with E-state index in [4.69, 9.17) is 0 Å². The van der Waals surface area contributed by atoms with Crippen LogP contribution in [0.3, 0.4) is 0 Å². The first-order valence-corrected chi connectivity index (χ1v) is 10.4. The summed E-state index contributed by atoms with van der Waals surface area (Å²) in [6.07, 6.45) is -1.77. The minimum atomic E-state index is -4.71. The highest BCUT2D eigenvalue weighted by Gasteiger charge is 2.31. The average Bonchev–Trinajstić information content (AvgIpc) is 2.76. The Morgan fingerprint density at radius 1 is 1.06 bits per heavy atom. The maximum absolute atomic E-state index is 12.8. The molecule has 0 spiro atoms. The number of nitrogens with zero attached hydrogens (tertiary/aromatic N) is 4. The molecule has 3 heterocycles. The van der Waals surface area contributed by atoms with Crippen LogP contribution in [0.4, 0.5) is 13.2 Å². The maximum Gasteiger partial charge on any atom is 0.573 e. The monoisotopic (exact) mass is 448 g/mol. The van der Waals surface area contributed by atoms with Crippen molar-refractivity contribution in [2.45, 2.75) is 45.3 Å². The predicted octanol–water partition coefficient (Wildman–Crippen LogP) is 3.31. The summed E-state index contributed by atoms with van der Waals surface area (Å²) >= 11 is 0. The number of hydrogen-bond donors (Lipinski definition) is 0. The van der Waals surface area contributed by atoms with Crippen LogP contribution in [-0.4, -0.2) is 38.5 Å². The van der Waals surface area contributed by atoms with E-state index < -0.39 is 17.5 Å². The Morgan fingerprint density at radius 3 is 2.38 bits per heavy atom. The molecule has 7 nitrogen and oxygen atoms in total. The molecule has 0 aliphatic carbocycles. The van der Waals surface area contributed by atoms with Gasteiger partial charge in [0, 0.05) is 38.4 Å². The summed E-state index contributed by atoms with van der Waals surface area (Å²) in [7, 11) is 0. The zero-order valence-electron chi connectivity index (χ0n) is 17.5. The quantitative estimate of drug-likeness (QED) is 0.561. The van der Waals surface area contributed by atoms with E-state index in [1.165, 1.54) is 21.3 Å². The van der Waals surface area contributed by atoms with E-state index in [1.54, 1.807) is 30.5 Å². The van der Waals surface area contributed by atoms with Gasteiger partial charge >= 0.3 is 17.5 Å². The number of fused-ring (bicyclic) bond motifs is 1. The van der Waals surface area contributed by atoms with Gasteiger partial charge in [0.25, 0.3) is 0 Å². The van der Waals surface area contributed by atoms with Crippen molar-refractivity contribution in [1.82, 2.24) is 19.0 Å². The van der Waals surface area contributed by atoms with Crippen LogP contribution < -0.4 is 15.9 Å². The first-order chi connectivity index (χ1) is 15.3. The third kappa shape index (κ3) is 4.55. The van der Waals surface area contributed by atoms with Crippen molar-refractivity contribution in [3.05, 3.63) is 68.9 Å². The third-order valence-corrected chi connectivity index (χ3v) is 5.73. The molecule has 3 aromatic rings. The zero-order chi connectivity index (χ0) is 22.9. The van der Waals surface area contributed by atoms with Gasteiger partial charge in [-0.15, -0.1) is 13.2 Å². The Morgan fingerprint density at radius 2 is 1.75 bits per heavy atom. The number of likely N-dealkylation sites (tertiary alicyclic amines) is 1. The fraction of sp³-hybridized carbons (Fsp3) is 0.409. The SMILES string of the molecule is CCn1c(=O)c(=O)n(C2CCN(Cc3ccc(OC(F)(F)F)cc3)CC2)c2ncccc21. The second-order valence-electron chi connectivity index (χ2n) is 7.77. The van der Waals surface area contributed by atoms with Gasteiger partial charge in [0.05, 0.1) is 5.52 Å². The van der Waals surface area contributed by atoms with E-state index >= 15 is 0 Å². The lowest BCUT2D eigenvalue weighted by Gasteiger charge is -2.33. The van der Waals surface area contributed by atoms with E-state index in [0.29, 0.717) is 50.2 Å². The van der Waals surface area contributed by atoms with Crippen LogP contribution in [0.1, 0.15) is 31.4 Å². The van der Waals surface area contributed by atoms with Gasteiger partial charge in [0.15, 0.2) is 5.65 Å². The lowest BCUT2D eigenvalue weighted by molar-refractivity contribution is -0.274. The number of ether oxygens (including phenoxy) is 1. The minimum absolute atomic E-state index is 0.141. The fourth-order valence-corrected chi connectivity index (χ4v) is 4.25. The fourth-order valence-electron chi connectivity index (χ4n) is 4.25. The largest absolute Gasteiger partial charge is 0.573 e. The van der Waals surface area contributed by atoms with Gasteiger partial charge in [0.1, 0.15) is 5.75 Å². The predicted molar refractivity (Wildman–Crippen MR) is 113 cm³/mol. The first-order valence-electron chi connectivity index (χ1n) is 10.4. The average molecular weight is 448 g/mol. The van der Waals surface area contributed by atoms with Crippen LogP contribution in [0.25, 0.3) is 11.2 Å². The number of piperidine rings is 1. The molecule has 0 amide bonds. The molecule has 1 aromatic carbocycles. The number of halogens is 3. The summed E-state index contributed by atoms with van der Waals surface area (Å²) < 4.78 is 43.8. The topological polar surface area (TPSA) is 69.4 Å². The summed E-state index contributed by atoms with van der Waals surface area (Å²) in [6, 6.07) is 9.23. The third-order valence-electron chi connectivity index (χ3n) is 5.73. The van der Waals surface area contributed by atoms with Crippen molar-refractivity contribution in [3.8, 4) is 5.75 Å². The van der Waals surface area contributed by atoms with Crippen molar-refractivity contribution in [2.24, 2.45) is 0 Å². The molecule has 0 N–H and O–H groups in total. The molecule has 0 atom stereocenters. The Balaban J connectivity index is 1.48. The highest BCUT2D eigenvalue weighted by atomic mass is 19.4. The molecule has 170 valence electrons. The number of rotatable bonds is 5. The zero-order valence-corrected chi connectivity index (χ0v) is 17.5. The minimum Gasteiger partial charge on any atom is -0.406 e. The van der Waals surface area contributed by atoms with E-state index in [2.05, 4.69) is 14.6 Å². The molecule has 32 heavy (non-hydrogen) atoms. The Kier molecular flexibility index (Phi) is 6.05. The molecule has 4 rings (SSSR count). The number of alkyl halides is 3. The summed E-state index contributed by atoms with van der Waals surface area (Å²) in [5, 5.41) is 0. The van der Waals surface area contributed by atoms with E-state index in [0.717, 1.165) is 5.56 Å². The molecule has 0 unspecified atom stereocenters. The van der Waals surface area contributed by atoms with Crippen molar-refractivity contribution in [1.29, 1.82) is 0 Å².